The average molecular weight is 356 g/mol. The number of hydrogen-bond donors (Lipinski definition) is 3. The van der Waals surface area contributed by atoms with Crippen LogP contribution in [0.15, 0.2) is 17.3 Å². The highest BCUT2D eigenvalue weighted by Gasteiger charge is 2.20. The van der Waals surface area contributed by atoms with Gasteiger partial charge in [-0.05, 0) is 31.7 Å². The first-order chi connectivity index (χ1) is 11.5. The fourth-order valence-corrected chi connectivity index (χ4v) is 3.38. The largest absolute Gasteiger partial charge is 0.357 e. The highest BCUT2D eigenvalue weighted by molar-refractivity contribution is 7.89. The number of guanidine groups is 1. The third-order valence-corrected chi connectivity index (χ3v) is 5.49. The molecule has 0 radical (unpaired) electrons. The first-order valence-corrected chi connectivity index (χ1v) is 10.1. The van der Waals surface area contributed by atoms with Crippen LogP contribution in [-0.2, 0) is 23.6 Å². The molecule has 1 aliphatic rings. The van der Waals surface area contributed by atoms with Crippen LogP contribution in [0.2, 0.25) is 0 Å². The van der Waals surface area contributed by atoms with Crippen molar-refractivity contribution in [2.45, 2.75) is 32.7 Å². The number of rotatable bonds is 9. The Kier molecular flexibility index (Phi) is 7.04. The monoisotopic (exact) mass is 356 g/mol. The van der Waals surface area contributed by atoms with Gasteiger partial charge in [-0.2, -0.15) is 5.10 Å². The second-order valence-electron chi connectivity index (χ2n) is 6.03. The third-order valence-electron chi connectivity index (χ3n) is 4.15. The summed E-state index contributed by atoms with van der Waals surface area (Å²) >= 11 is 0. The SMILES string of the molecule is CCNC(=NCc1ccnn1C)NCCS(=O)(=O)NCC1CCC1. The van der Waals surface area contributed by atoms with E-state index in [1.165, 1.54) is 6.42 Å². The molecule has 0 saturated heterocycles. The van der Waals surface area contributed by atoms with E-state index in [1.54, 1.807) is 10.9 Å². The molecule has 136 valence electrons. The molecule has 1 saturated carbocycles. The molecule has 0 atom stereocenters. The van der Waals surface area contributed by atoms with Crippen LogP contribution in [0.1, 0.15) is 31.9 Å². The van der Waals surface area contributed by atoms with Crippen LogP contribution in [0.4, 0.5) is 0 Å². The van der Waals surface area contributed by atoms with Crippen LogP contribution in [-0.4, -0.2) is 49.5 Å². The predicted molar refractivity (Wildman–Crippen MR) is 95.2 cm³/mol. The molecule has 0 aromatic carbocycles. The van der Waals surface area contributed by atoms with Crippen molar-refractivity contribution in [2.24, 2.45) is 18.0 Å². The van der Waals surface area contributed by atoms with Gasteiger partial charge in [0.05, 0.1) is 18.0 Å². The van der Waals surface area contributed by atoms with Crippen molar-refractivity contribution in [3.8, 4) is 0 Å². The summed E-state index contributed by atoms with van der Waals surface area (Å²) in [6.07, 6.45) is 5.21. The molecule has 8 nitrogen and oxygen atoms in total. The molecule has 0 amide bonds. The minimum atomic E-state index is -3.24. The van der Waals surface area contributed by atoms with Gasteiger partial charge in [0.1, 0.15) is 0 Å². The second kappa shape index (κ2) is 9.03. The number of aliphatic imine (C=N–C) groups is 1. The van der Waals surface area contributed by atoms with E-state index in [1.807, 2.05) is 20.0 Å². The van der Waals surface area contributed by atoms with Gasteiger partial charge < -0.3 is 10.6 Å². The summed E-state index contributed by atoms with van der Waals surface area (Å²) in [5.74, 6) is 1.16. The Morgan fingerprint density at radius 2 is 2.21 bits per heavy atom. The fourth-order valence-electron chi connectivity index (χ4n) is 2.38. The summed E-state index contributed by atoms with van der Waals surface area (Å²) in [5.41, 5.74) is 0.988. The molecule has 0 unspecified atom stereocenters. The number of nitrogens with zero attached hydrogens (tertiary/aromatic N) is 3. The van der Waals surface area contributed by atoms with Crippen molar-refractivity contribution in [2.75, 3.05) is 25.4 Å². The second-order valence-corrected chi connectivity index (χ2v) is 7.96. The molecular formula is C15H28N6O2S. The molecule has 1 aromatic rings. The van der Waals surface area contributed by atoms with Crippen LogP contribution < -0.4 is 15.4 Å². The van der Waals surface area contributed by atoms with Gasteiger partial charge in [0.25, 0.3) is 0 Å². The van der Waals surface area contributed by atoms with Crippen LogP contribution >= 0.6 is 0 Å². The van der Waals surface area contributed by atoms with Crippen molar-refractivity contribution < 1.29 is 8.42 Å². The number of aryl methyl sites for hydroxylation is 1. The average Bonchev–Trinajstić information content (AvgIpc) is 2.88. The Morgan fingerprint density at radius 1 is 1.42 bits per heavy atom. The summed E-state index contributed by atoms with van der Waals surface area (Å²) in [6.45, 7) is 4.05. The van der Waals surface area contributed by atoms with E-state index >= 15 is 0 Å². The first kappa shape index (κ1) is 18.7. The zero-order valence-corrected chi connectivity index (χ0v) is 15.3. The lowest BCUT2D eigenvalue weighted by atomic mass is 9.86. The standard InChI is InChI=1S/C15H28N6O2S/c1-3-16-15(18-12-14-7-8-19-21(14)2)17-9-10-24(22,23)20-11-13-5-4-6-13/h7-8,13,20H,3-6,9-12H2,1-2H3,(H2,16,17,18). The molecule has 0 spiro atoms. The van der Waals surface area contributed by atoms with Crippen molar-refractivity contribution in [1.29, 1.82) is 0 Å². The van der Waals surface area contributed by atoms with Gasteiger partial charge in [-0.1, -0.05) is 6.42 Å². The van der Waals surface area contributed by atoms with Gasteiger partial charge in [0.15, 0.2) is 5.96 Å². The van der Waals surface area contributed by atoms with E-state index in [9.17, 15) is 8.42 Å². The lowest BCUT2D eigenvalue weighted by molar-refractivity contribution is 0.316. The van der Waals surface area contributed by atoms with E-state index in [-0.39, 0.29) is 5.75 Å². The Labute approximate surface area is 144 Å². The van der Waals surface area contributed by atoms with E-state index in [0.717, 1.165) is 18.5 Å². The molecule has 9 heteroatoms. The van der Waals surface area contributed by atoms with Crippen LogP contribution in [0.25, 0.3) is 0 Å². The highest BCUT2D eigenvalue weighted by Crippen LogP contribution is 2.25. The smallest absolute Gasteiger partial charge is 0.213 e. The molecule has 1 fully saturated rings. The summed E-state index contributed by atoms with van der Waals surface area (Å²) in [7, 11) is -1.37. The van der Waals surface area contributed by atoms with E-state index in [0.29, 0.717) is 38.1 Å². The summed E-state index contributed by atoms with van der Waals surface area (Å²) in [4.78, 5) is 4.45. The third kappa shape index (κ3) is 6.12. The van der Waals surface area contributed by atoms with Gasteiger partial charge in [-0.3, -0.25) is 4.68 Å². The Morgan fingerprint density at radius 3 is 2.79 bits per heavy atom. The number of aromatic nitrogens is 2. The molecular weight excluding hydrogens is 328 g/mol. The maximum Gasteiger partial charge on any atom is 0.213 e. The predicted octanol–water partition coefficient (Wildman–Crippen LogP) is 0.195. The Balaban J connectivity index is 1.76. The van der Waals surface area contributed by atoms with Crippen molar-refractivity contribution in [3.05, 3.63) is 18.0 Å². The molecule has 0 bridgehead atoms. The number of nitrogens with one attached hydrogen (secondary N) is 3. The molecule has 1 aromatic heterocycles. The molecule has 0 aliphatic heterocycles. The van der Waals surface area contributed by atoms with E-state index in [4.69, 9.17) is 0 Å². The number of sulfonamides is 1. The van der Waals surface area contributed by atoms with Crippen molar-refractivity contribution in [1.82, 2.24) is 25.1 Å². The van der Waals surface area contributed by atoms with Gasteiger partial charge in [0, 0.05) is 32.9 Å². The van der Waals surface area contributed by atoms with Gasteiger partial charge >= 0.3 is 0 Å². The molecule has 3 N–H and O–H groups in total. The summed E-state index contributed by atoms with van der Waals surface area (Å²) < 4.78 is 28.4. The highest BCUT2D eigenvalue weighted by atomic mass is 32.2. The summed E-state index contributed by atoms with van der Waals surface area (Å²) in [6, 6.07) is 1.90. The van der Waals surface area contributed by atoms with Crippen LogP contribution in [0.3, 0.4) is 0 Å². The topological polar surface area (TPSA) is 100 Å². The number of hydrogen-bond acceptors (Lipinski definition) is 4. The van der Waals surface area contributed by atoms with E-state index in [2.05, 4.69) is 25.4 Å². The maximum atomic E-state index is 12.0. The van der Waals surface area contributed by atoms with E-state index < -0.39 is 10.0 Å². The molecule has 1 aliphatic carbocycles. The van der Waals surface area contributed by atoms with Crippen LogP contribution in [0, 0.1) is 5.92 Å². The Bertz CT molecular complexity index is 636. The lowest BCUT2D eigenvalue weighted by Gasteiger charge is -2.25. The molecule has 1 heterocycles. The van der Waals surface area contributed by atoms with Gasteiger partial charge in [-0.15, -0.1) is 0 Å². The van der Waals surface area contributed by atoms with Gasteiger partial charge in [-0.25, -0.2) is 18.1 Å². The quantitative estimate of drug-likeness (QED) is 0.433. The first-order valence-electron chi connectivity index (χ1n) is 8.46. The minimum Gasteiger partial charge on any atom is -0.357 e. The summed E-state index contributed by atoms with van der Waals surface area (Å²) in [5, 5.41) is 10.3. The lowest BCUT2D eigenvalue weighted by Crippen LogP contribution is -2.42. The Hall–Kier alpha value is -1.61. The van der Waals surface area contributed by atoms with Gasteiger partial charge in [0.2, 0.25) is 10.0 Å². The molecule has 24 heavy (non-hydrogen) atoms. The van der Waals surface area contributed by atoms with Crippen molar-refractivity contribution in [3.63, 3.8) is 0 Å². The maximum absolute atomic E-state index is 12.0. The van der Waals surface area contributed by atoms with Crippen LogP contribution in [0.5, 0.6) is 0 Å². The normalized spacial score (nSPS) is 16.0. The zero-order valence-electron chi connectivity index (χ0n) is 14.5. The molecule has 2 rings (SSSR count). The minimum absolute atomic E-state index is 0.0375. The fraction of sp³-hybridized carbons (Fsp3) is 0.733. The van der Waals surface area contributed by atoms with Crippen molar-refractivity contribution >= 4 is 16.0 Å². The zero-order chi connectivity index (χ0) is 17.4.